The summed E-state index contributed by atoms with van der Waals surface area (Å²) in [6, 6.07) is 0. The molecular weight excluding hydrogens is 516 g/mol. The van der Waals surface area contributed by atoms with Gasteiger partial charge >= 0.3 is 5.97 Å². The Bertz CT molecular complexity index is 1030. The number of carbonyl (C=O) groups excluding carboxylic acids is 1. The Balaban J connectivity index is 1.49. The summed E-state index contributed by atoms with van der Waals surface area (Å²) in [6.45, 7) is 6.90. The third kappa shape index (κ3) is 5.47. The van der Waals surface area contributed by atoms with Crippen molar-refractivity contribution in [3.05, 3.63) is 34.9 Å². The van der Waals surface area contributed by atoms with Crippen LogP contribution in [0.15, 0.2) is 34.9 Å². The lowest BCUT2D eigenvalue weighted by Crippen LogP contribution is -2.60. The minimum absolute atomic E-state index is 0.270. The van der Waals surface area contributed by atoms with Gasteiger partial charge in [0.15, 0.2) is 18.0 Å². The van der Waals surface area contributed by atoms with Crippen molar-refractivity contribution in [1.29, 1.82) is 0 Å². The fraction of sp³-hybridized carbons (Fsp3) is 0.741. The summed E-state index contributed by atoms with van der Waals surface area (Å²) in [5.74, 6) is -3.28. The molecule has 3 fully saturated rings. The second kappa shape index (κ2) is 10.9. The number of fused-ring (bicyclic) bond motifs is 1. The van der Waals surface area contributed by atoms with E-state index >= 15 is 0 Å². The number of cyclic esters (lactones) is 1. The fourth-order valence-corrected chi connectivity index (χ4v) is 5.78. The van der Waals surface area contributed by atoms with E-state index < -0.39 is 78.4 Å². The zero-order valence-electron chi connectivity index (χ0n) is 22.6. The first kappa shape index (κ1) is 30.3. The quantitative estimate of drug-likeness (QED) is 0.196. The van der Waals surface area contributed by atoms with E-state index in [1.807, 2.05) is 32.9 Å². The van der Waals surface area contributed by atoms with E-state index in [-0.39, 0.29) is 13.0 Å². The number of esters is 1. The number of hydrogen-bond acceptors (Lipinski definition) is 12. The molecule has 39 heavy (non-hydrogen) atoms. The normalized spacial score (nSPS) is 45.6. The number of hydrogen-bond donors (Lipinski definition) is 7. The standard InChI is InChI=1S/C27H40O12/c1-13(5-6-26(34)27(35)18(29)12-36-22(27)23(33)39-26)7-15-8-14(2)9-16(10-25(15,3)4)37-24-21(32)20(31)19(30)17(11-28)38-24/h5,7-8,16-22,24,28-32,34-35H,6,9-12H2,1-4H3. The molecule has 0 amide bonds. The molecule has 0 aromatic heterocycles. The highest BCUT2D eigenvalue weighted by molar-refractivity contribution is 5.80. The van der Waals surface area contributed by atoms with Gasteiger partial charge in [-0.1, -0.05) is 43.2 Å². The van der Waals surface area contributed by atoms with Gasteiger partial charge in [0.05, 0.1) is 19.3 Å². The Labute approximate surface area is 226 Å². The molecule has 1 aliphatic carbocycles. The van der Waals surface area contributed by atoms with E-state index in [9.17, 15) is 40.5 Å². The Morgan fingerprint density at radius 1 is 1.15 bits per heavy atom. The van der Waals surface area contributed by atoms with Crippen molar-refractivity contribution in [3.63, 3.8) is 0 Å². The van der Waals surface area contributed by atoms with Crippen LogP contribution in [0.25, 0.3) is 0 Å². The van der Waals surface area contributed by atoms with E-state index in [4.69, 9.17) is 18.9 Å². The van der Waals surface area contributed by atoms with Crippen LogP contribution >= 0.6 is 0 Å². The molecule has 0 aromatic rings. The lowest BCUT2D eigenvalue weighted by Gasteiger charge is -2.41. The molecule has 0 spiro atoms. The summed E-state index contributed by atoms with van der Waals surface area (Å²) in [4.78, 5) is 12.1. The molecule has 12 nitrogen and oxygen atoms in total. The van der Waals surface area contributed by atoms with Crippen molar-refractivity contribution >= 4 is 5.97 Å². The minimum atomic E-state index is -2.35. The number of rotatable bonds is 6. The molecular formula is C27H40O12. The van der Waals surface area contributed by atoms with Crippen LogP contribution in [0.2, 0.25) is 0 Å². The highest BCUT2D eigenvalue weighted by Crippen LogP contribution is 2.46. The van der Waals surface area contributed by atoms with Crippen LogP contribution in [0.3, 0.4) is 0 Å². The van der Waals surface area contributed by atoms with Gasteiger partial charge < -0.3 is 54.7 Å². The predicted molar refractivity (Wildman–Crippen MR) is 134 cm³/mol. The van der Waals surface area contributed by atoms with Gasteiger partial charge in [-0.05, 0) is 37.7 Å². The van der Waals surface area contributed by atoms with Crippen molar-refractivity contribution in [2.75, 3.05) is 13.2 Å². The van der Waals surface area contributed by atoms with Crippen LogP contribution in [0, 0.1) is 5.41 Å². The Morgan fingerprint density at radius 3 is 2.51 bits per heavy atom. The lowest BCUT2D eigenvalue weighted by atomic mass is 9.79. The topological polar surface area (TPSA) is 196 Å². The lowest BCUT2D eigenvalue weighted by molar-refractivity contribution is -0.312. The zero-order valence-corrected chi connectivity index (χ0v) is 22.6. The van der Waals surface area contributed by atoms with Gasteiger partial charge in [0.1, 0.15) is 30.5 Å². The Morgan fingerprint density at radius 2 is 1.85 bits per heavy atom. The van der Waals surface area contributed by atoms with Gasteiger partial charge in [0, 0.05) is 6.42 Å². The van der Waals surface area contributed by atoms with Gasteiger partial charge in [-0.15, -0.1) is 0 Å². The Kier molecular flexibility index (Phi) is 8.48. The van der Waals surface area contributed by atoms with Crippen molar-refractivity contribution in [3.8, 4) is 0 Å². The molecule has 220 valence electrons. The first-order chi connectivity index (χ1) is 18.1. The molecule has 10 unspecified atom stereocenters. The van der Waals surface area contributed by atoms with Crippen LogP contribution in [0.4, 0.5) is 0 Å². The Hall–Kier alpha value is -1.71. The fourth-order valence-electron chi connectivity index (χ4n) is 5.78. The summed E-state index contributed by atoms with van der Waals surface area (Å²) in [7, 11) is 0. The first-order valence-corrected chi connectivity index (χ1v) is 13.1. The maximum atomic E-state index is 12.1. The number of aliphatic hydroxyl groups excluding tert-OH is 5. The minimum Gasteiger partial charge on any atom is -0.427 e. The average molecular weight is 557 g/mol. The second-order valence-corrected chi connectivity index (χ2v) is 11.8. The third-order valence-electron chi connectivity index (χ3n) is 8.17. The van der Waals surface area contributed by atoms with Crippen molar-refractivity contribution in [1.82, 2.24) is 0 Å². The maximum absolute atomic E-state index is 12.1. The molecule has 10 atom stereocenters. The monoisotopic (exact) mass is 556 g/mol. The van der Waals surface area contributed by atoms with Crippen LogP contribution in [0.1, 0.15) is 47.0 Å². The predicted octanol–water partition coefficient (Wildman–Crippen LogP) is -1.06. The first-order valence-electron chi connectivity index (χ1n) is 13.1. The number of ether oxygens (including phenoxy) is 4. The van der Waals surface area contributed by atoms with Crippen molar-refractivity contribution in [2.45, 2.75) is 107 Å². The van der Waals surface area contributed by atoms with E-state index in [1.54, 1.807) is 13.0 Å². The van der Waals surface area contributed by atoms with Crippen LogP contribution < -0.4 is 0 Å². The highest BCUT2D eigenvalue weighted by Gasteiger charge is 2.73. The molecule has 3 aliphatic heterocycles. The van der Waals surface area contributed by atoms with E-state index in [1.165, 1.54) is 0 Å². The number of allylic oxidation sites excluding steroid dienone is 4. The average Bonchev–Trinajstić information content (AvgIpc) is 3.23. The molecule has 0 radical (unpaired) electrons. The van der Waals surface area contributed by atoms with Gasteiger partial charge in [0.25, 0.3) is 0 Å². The number of aliphatic hydroxyl groups is 7. The molecule has 0 saturated carbocycles. The summed E-state index contributed by atoms with van der Waals surface area (Å²) in [5.41, 5.74) is -0.103. The summed E-state index contributed by atoms with van der Waals surface area (Å²) in [6.07, 6.45) is -3.90. The van der Waals surface area contributed by atoms with Gasteiger partial charge in [0.2, 0.25) is 5.79 Å². The van der Waals surface area contributed by atoms with Gasteiger partial charge in [-0.25, -0.2) is 4.79 Å². The molecule has 3 saturated heterocycles. The summed E-state index contributed by atoms with van der Waals surface area (Å²) >= 11 is 0. The molecule has 4 rings (SSSR count). The molecule has 0 aromatic carbocycles. The third-order valence-corrected chi connectivity index (χ3v) is 8.17. The molecule has 12 heteroatoms. The smallest absolute Gasteiger partial charge is 0.341 e. The molecule has 0 bridgehead atoms. The molecule has 7 N–H and O–H groups in total. The SMILES string of the molecule is CC(=CCC1(O)OC(=O)C2OCC(O)C21O)C=C1C=C(C)CC(OC2OC(CO)C(O)C(O)C2O)CC1(C)C. The highest BCUT2D eigenvalue weighted by atomic mass is 16.7. The summed E-state index contributed by atoms with van der Waals surface area (Å²) < 4.78 is 21.7. The largest absolute Gasteiger partial charge is 0.427 e. The maximum Gasteiger partial charge on any atom is 0.341 e. The van der Waals surface area contributed by atoms with E-state index in [0.717, 1.165) is 11.1 Å². The van der Waals surface area contributed by atoms with Gasteiger partial charge in [-0.2, -0.15) is 0 Å². The number of carbonyl (C=O) groups is 1. The summed E-state index contributed by atoms with van der Waals surface area (Å²) in [5, 5.41) is 72.1. The van der Waals surface area contributed by atoms with Crippen LogP contribution in [0.5, 0.6) is 0 Å². The zero-order chi connectivity index (χ0) is 28.9. The van der Waals surface area contributed by atoms with Crippen molar-refractivity contribution in [2.24, 2.45) is 5.41 Å². The van der Waals surface area contributed by atoms with Crippen LogP contribution in [-0.4, -0.2) is 115 Å². The van der Waals surface area contributed by atoms with Crippen molar-refractivity contribution < 1.29 is 59.5 Å². The molecule has 4 aliphatic rings. The molecule has 3 heterocycles. The van der Waals surface area contributed by atoms with Crippen LogP contribution in [-0.2, 0) is 23.7 Å². The van der Waals surface area contributed by atoms with E-state index in [0.29, 0.717) is 18.4 Å². The van der Waals surface area contributed by atoms with Gasteiger partial charge in [-0.3, -0.25) is 0 Å². The van der Waals surface area contributed by atoms with E-state index in [2.05, 4.69) is 0 Å². The second-order valence-electron chi connectivity index (χ2n) is 11.8.